The Bertz CT molecular complexity index is 331. The normalized spacial score (nSPS) is 9.29. The second kappa shape index (κ2) is 6.21. The van der Waals surface area contributed by atoms with Gasteiger partial charge < -0.3 is 10.8 Å². The fourth-order valence-corrected chi connectivity index (χ4v) is 1.61. The van der Waals surface area contributed by atoms with Crippen molar-refractivity contribution >= 4 is 41.0 Å². The summed E-state index contributed by atoms with van der Waals surface area (Å²) in [6, 6.07) is 5.37. The van der Waals surface area contributed by atoms with Gasteiger partial charge in [-0.1, -0.05) is 6.07 Å². The van der Waals surface area contributed by atoms with Crippen LogP contribution in [0.4, 0.5) is 0 Å². The van der Waals surface area contributed by atoms with Gasteiger partial charge >= 0.3 is 5.97 Å². The van der Waals surface area contributed by atoms with Gasteiger partial charge in [0, 0.05) is 3.57 Å². The molecule has 1 aromatic rings. The lowest BCUT2D eigenvalue weighted by Gasteiger charge is -2.04. The van der Waals surface area contributed by atoms with Crippen molar-refractivity contribution in [2.45, 2.75) is 6.42 Å². The molecule has 0 spiro atoms. The quantitative estimate of drug-likeness (QED) is 0.834. The van der Waals surface area contributed by atoms with E-state index in [0.717, 1.165) is 9.13 Å². The first-order chi connectivity index (χ1) is 6.15. The van der Waals surface area contributed by atoms with E-state index < -0.39 is 5.97 Å². The molecule has 3 nitrogen and oxygen atoms in total. The fraction of sp³-hybridized carbons (Fsp3) is 0.222. The molecule has 0 radical (unpaired) electrons. The summed E-state index contributed by atoms with van der Waals surface area (Å²) in [4.78, 5) is 10.8. The molecule has 0 amide bonds. The van der Waals surface area contributed by atoms with Gasteiger partial charge in [-0.25, -0.2) is 4.79 Å². The molecule has 0 saturated carbocycles. The highest BCUT2D eigenvalue weighted by Gasteiger charge is 2.09. The molecule has 0 aromatic heterocycles. The highest BCUT2D eigenvalue weighted by atomic mass is 127. The van der Waals surface area contributed by atoms with Crippen molar-refractivity contribution < 1.29 is 9.90 Å². The van der Waals surface area contributed by atoms with E-state index >= 15 is 0 Å². The summed E-state index contributed by atoms with van der Waals surface area (Å²) in [6.07, 6.45) is 0.610. The van der Waals surface area contributed by atoms with E-state index in [-0.39, 0.29) is 12.4 Å². The number of halogens is 2. The van der Waals surface area contributed by atoms with Crippen molar-refractivity contribution in [1.29, 1.82) is 0 Å². The predicted octanol–water partition coefficient (Wildman–Crippen LogP) is 1.91. The number of nitrogens with two attached hydrogens (primary N) is 1. The molecular weight excluding hydrogens is 316 g/mol. The maximum absolute atomic E-state index is 10.8. The SMILES string of the molecule is Cl.NCCc1ccc(I)cc1C(=O)O. The zero-order chi connectivity index (χ0) is 9.84. The number of rotatable bonds is 3. The van der Waals surface area contributed by atoms with E-state index in [4.69, 9.17) is 10.8 Å². The van der Waals surface area contributed by atoms with Crippen molar-refractivity contribution in [3.63, 3.8) is 0 Å². The largest absolute Gasteiger partial charge is 0.478 e. The second-order valence-corrected chi connectivity index (χ2v) is 3.89. The molecular formula is C9H11ClINO2. The Balaban J connectivity index is 0.00000169. The minimum absolute atomic E-state index is 0. The summed E-state index contributed by atoms with van der Waals surface area (Å²) in [5.74, 6) is -0.887. The van der Waals surface area contributed by atoms with Gasteiger partial charge in [-0.15, -0.1) is 12.4 Å². The number of carboxylic acids is 1. The maximum atomic E-state index is 10.8. The maximum Gasteiger partial charge on any atom is 0.336 e. The minimum atomic E-state index is -0.887. The summed E-state index contributed by atoms with van der Waals surface area (Å²) in [5.41, 5.74) is 6.53. The fourth-order valence-electron chi connectivity index (χ4n) is 1.12. The Kier molecular flexibility index (Phi) is 6.06. The van der Waals surface area contributed by atoms with E-state index in [2.05, 4.69) is 22.6 Å². The Morgan fingerprint density at radius 2 is 2.14 bits per heavy atom. The van der Waals surface area contributed by atoms with Gasteiger partial charge in [0.05, 0.1) is 5.56 Å². The average molecular weight is 328 g/mol. The van der Waals surface area contributed by atoms with Crippen LogP contribution in [0.15, 0.2) is 18.2 Å². The molecule has 0 bridgehead atoms. The third kappa shape index (κ3) is 3.43. The summed E-state index contributed by atoms with van der Waals surface area (Å²) in [7, 11) is 0. The van der Waals surface area contributed by atoms with E-state index in [9.17, 15) is 4.79 Å². The Labute approximate surface area is 102 Å². The standard InChI is InChI=1S/C9H10INO2.ClH/c10-7-2-1-6(3-4-11)8(5-7)9(12)13;/h1-2,5H,3-4,11H2,(H,12,13);1H. The lowest BCUT2D eigenvalue weighted by molar-refractivity contribution is 0.0695. The van der Waals surface area contributed by atoms with Crippen LogP contribution in [0.3, 0.4) is 0 Å². The van der Waals surface area contributed by atoms with E-state index in [1.807, 2.05) is 12.1 Å². The first kappa shape index (κ1) is 13.7. The van der Waals surface area contributed by atoms with Crippen LogP contribution in [-0.2, 0) is 6.42 Å². The summed E-state index contributed by atoms with van der Waals surface area (Å²) < 4.78 is 0.927. The molecule has 14 heavy (non-hydrogen) atoms. The van der Waals surface area contributed by atoms with Gasteiger partial charge in [0.15, 0.2) is 0 Å². The van der Waals surface area contributed by atoms with Crippen molar-refractivity contribution in [2.75, 3.05) is 6.54 Å². The zero-order valence-corrected chi connectivity index (χ0v) is 10.3. The molecule has 0 aliphatic rings. The van der Waals surface area contributed by atoms with E-state index in [1.54, 1.807) is 6.07 Å². The number of hydrogen-bond acceptors (Lipinski definition) is 2. The molecule has 0 aliphatic heterocycles. The zero-order valence-electron chi connectivity index (χ0n) is 7.37. The summed E-state index contributed by atoms with van der Waals surface area (Å²) in [6.45, 7) is 0.473. The number of benzene rings is 1. The second-order valence-electron chi connectivity index (χ2n) is 2.65. The predicted molar refractivity (Wildman–Crippen MR) is 66.1 cm³/mol. The third-order valence-electron chi connectivity index (χ3n) is 1.72. The van der Waals surface area contributed by atoms with Crippen LogP contribution < -0.4 is 5.73 Å². The first-order valence-electron chi connectivity index (χ1n) is 3.87. The molecule has 5 heteroatoms. The van der Waals surface area contributed by atoms with E-state index in [0.29, 0.717) is 18.5 Å². The van der Waals surface area contributed by atoms with Crippen molar-refractivity contribution in [1.82, 2.24) is 0 Å². The molecule has 0 fully saturated rings. The number of aromatic carboxylic acids is 1. The van der Waals surface area contributed by atoms with Crippen LogP contribution in [0.5, 0.6) is 0 Å². The topological polar surface area (TPSA) is 63.3 Å². The van der Waals surface area contributed by atoms with Gasteiger partial charge in [-0.05, 0) is 53.3 Å². The van der Waals surface area contributed by atoms with Crippen LogP contribution in [0.1, 0.15) is 15.9 Å². The minimum Gasteiger partial charge on any atom is -0.478 e. The van der Waals surface area contributed by atoms with Crippen LogP contribution in [0, 0.1) is 3.57 Å². The van der Waals surface area contributed by atoms with Gasteiger partial charge in [-0.2, -0.15) is 0 Å². The number of carbonyl (C=O) groups is 1. The summed E-state index contributed by atoms with van der Waals surface area (Å²) >= 11 is 2.09. The molecule has 1 aromatic carbocycles. The molecule has 0 unspecified atom stereocenters. The van der Waals surface area contributed by atoms with Gasteiger partial charge in [-0.3, -0.25) is 0 Å². The lowest BCUT2D eigenvalue weighted by atomic mass is 10.1. The lowest BCUT2D eigenvalue weighted by Crippen LogP contribution is -2.08. The summed E-state index contributed by atoms with van der Waals surface area (Å²) in [5, 5.41) is 8.87. The number of hydrogen-bond donors (Lipinski definition) is 2. The van der Waals surface area contributed by atoms with Crippen molar-refractivity contribution in [2.24, 2.45) is 5.73 Å². The Morgan fingerprint density at radius 3 is 2.64 bits per heavy atom. The van der Waals surface area contributed by atoms with Crippen LogP contribution >= 0.6 is 35.0 Å². The number of carboxylic acid groups (broad SMARTS) is 1. The molecule has 0 atom stereocenters. The molecule has 0 aliphatic carbocycles. The Morgan fingerprint density at radius 1 is 1.50 bits per heavy atom. The first-order valence-corrected chi connectivity index (χ1v) is 4.95. The van der Waals surface area contributed by atoms with Crippen LogP contribution in [0.2, 0.25) is 0 Å². The average Bonchev–Trinajstić information content (AvgIpc) is 2.08. The molecule has 1 rings (SSSR count). The van der Waals surface area contributed by atoms with Crippen molar-refractivity contribution in [3.8, 4) is 0 Å². The van der Waals surface area contributed by atoms with Gasteiger partial charge in [0.1, 0.15) is 0 Å². The molecule has 0 heterocycles. The third-order valence-corrected chi connectivity index (χ3v) is 2.39. The van der Waals surface area contributed by atoms with Crippen molar-refractivity contribution in [3.05, 3.63) is 32.9 Å². The Hall–Kier alpha value is -0.330. The van der Waals surface area contributed by atoms with Gasteiger partial charge in [0.25, 0.3) is 0 Å². The molecule has 78 valence electrons. The highest BCUT2D eigenvalue weighted by molar-refractivity contribution is 14.1. The smallest absolute Gasteiger partial charge is 0.336 e. The van der Waals surface area contributed by atoms with Crippen LogP contribution in [0.25, 0.3) is 0 Å². The van der Waals surface area contributed by atoms with E-state index in [1.165, 1.54) is 0 Å². The highest BCUT2D eigenvalue weighted by Crippen LogP contribution is 2.14. The molecule has 0 saturated heterocycles. The van der Waals surface area contributed by atoms with Crippen LogP contribution in [-0.4, -0.2) is 17.6 Å². The molecule has 3 N–H and O–H groups in total. The van der Waals surface area contributed by atoms with Gasteiger partial charge in [0.2, 0.25) is 0 Å². The monoisotopic (exact) mass is 327 g/mol.